The number of halogens is 3. The molecular formula is C12H14F3NO. The van der Waals surface area contributed by atoms with E-state index < -0.39 is 17.3 Å². The molecule has 0 amide bonds. The van der Waals surface area contributed by atoms with Crippen molar-refractivity contribution in [2.24, 2.45) is 0 Å². The van der Waals surface area contributed by atoms with Gasteiger partial charge in [0, 0.05) is 17.8 Å². The van der Waals surface area contributed by atoms with E-state index in [1.54, 1.807) is 0 Å². The molecule has 17 heavy (non-hydrogen) atoms. The molecular weight excluding hydrogens is 231 g/mol. The molecule has 1 aromatic heterocycles. The van der Waals surface area contributed by atoms with Gasteiger partial charge in [-0.25, -0.2) is 0 Å². The van der Waals surface area contributed by atoms with Gasteiger partial charge in [0.1, 0.15) is 0 Å². The molecule has 0 bridgehead atoms. The summed E-state index contributed by atoms with van der Waals surface area (Å²) in [6.07, 6.45) is -1.22. The molecule has 2 heterocycles. The molecule has 2 nitrogen and oxygen atoms in total. The maximum atomic E-state index is 12.8. The van der Waals surface area contributed by atoms with Crippen LogP contribution in [0.4, 0.5) is 13.2 Å². The van der Waals surface area contributed by atoms with Gasteiger partial charge in [-0.2, -0.15) is 13.2 Å². The molecule has 0 saturated carbocycles. The fourth-order valence-corrected chi connectivity index (χ4v) is 2.30. The van der Waals surface area contributed by atoms with E-state index in [4.69, 9.17) is 0 Å². The van der Waals surface area contributed by atoms with Crippen molar-refractivity contribution in [3.63, 3.8) is 0 Å². The van der Waals surface area contributed by atoms with Gasteiger partial charge in [-0.3, -0.25) is 4.79 Å². The van der Waals surface area contributed by atoms with Crippen molar-refractivity contribution in [1.82, 2.24) is 4.57 Å². The number of nitrogens with zero attached hydrogens (tertiary/aromatic N) is 1. The van der Waals surface area contributed by atoms with Crippen molar-refractivity contribution in [3.05, 3.63) is 33.2 Å². The average Bonchev–Trinajstić information content (AvgIpc) is 2.46. The van der Waals surface area contributed by atoms with Gasteiger partial charge in [-0.1, -0.05) is 6.42 Å². The summed E-state index contributed by atoms with van der Waals surface area (Å²) in [7, 11) is 0. The molecule has 1 aromatic rings. The summed E-state index contributed by atoms with van der Waals surface area (Å²) in [5, 5.41) is 0. The van der Waals surface area contributed by atoms with Crippen LogP contribution in [0.15, 0.2) is 10.9 Å². The Bertz CT molecular complexity index is 488. The van der Waals surface area contributed by atoms with E-state index in [1.807, 2.05) is 0 Å². The Morgan fingerprint density at radius 3 is 2.59 bits per heavy atom. The molecule has 1 aliphatic heterocycles. The fraction of sp³-hybridized carbons (Fsp3) is 0.583. The number of fused-ring (bicyclic) bond motifs is 1. The maximum absolute atomic E-state index is 12.8. The third kappa shape index (κ3) is 2.23. The molecule has 0 radical (unpaired) electrons. The van der Waals surface area contributed by atoms with Crippen molar-refractivity contribution < 1.29 is 13.2 Å². The van der Waals surface area contributed by atoms with E-state index in [-0.39, 0.29) is 5.56 Å². The van der Waals surface area contributed by atoms with Crippen molar-refractivity contribution in [3.8, 4) is 0 Å². The number of hydrogen-bond acceptors (Lipinski definition) is 1. The lowest BCUT2D eigenvalue weighted by molar-refractivity contribution is -0.138. The Labute approximate surface area is 97.1 Å². The summed E-state index contributed by atoms with van der Waals surface area (Å²) in [6.45, 7) is 1.79. The molecule has 0 spiro atoms. The molecule has 0 unspecified atom stereocenters. The first-order valence-corrected chi connectivity index (χ1v) is 5.72. The molecule has 2 rings (SSSR count). The highest BCUT2D eigenvalue weighted by Gasteiger charge is 2.34. The second kappa shape index (κ2) is 4.20. The SMILES string of the molecule is Cc1c(C(F)(F)F)cc2n(c1=O)CCCCC2. The first-order valence-electron chi connectivity index (χ1n) is 5.72. The van der Waals surface area contributed by atoms with Crippen LogP contribution in [-0.2, 0) is 19.1 Å². The van der Waals surface area contributed by atoms with Crippen molar-refractivity contribution >= 4 is 0 Å². The second-order valence-corrected chi connectivity index (χ2v) is 4.44. The van der Waals surface area contributed by atoms with Crippen molar-refractivity contribution in [2.75, 3.05) is 0 Å². The van der Waals surface area contributed by atoms with E-state index in [0.717, 1.165) is 25.3 Å². The van der Waals surface area contributed by atoms with Crippen LogP contribution in [0.1, 0.15) is 36.1 Å². The molecule has 0 saturated heterocycles. The third-order valence-electron chi connectivity index (χ3n) is 3.25. The monoisotopic (exact) mass is 245 g/mol. The minimum atomic E-state index is -4.44. The molecule has 94 valence electrons. The zero-order valence-corrected chi connectivity index (χ0v) is 9.60. The molecule has 5 heteroatoms. The molecule has 0 N–H and O–H groups in total. The summed E-state index contributed by atoms with van der Waals surface area (Å²) in [6, 6.07) is 1.14. The highest BCUT2D eigenvalue weighted by Crippen LogP contribution is 2.31. The van der Waals surface area contributed by atoms with Gasteiger partial charge in [0.25, 0.3) is 5.56 Å². The number of rotatable bonds is 0. The van der Waals surface area contributed by atoms with E-state index in [2.05, 4.69) is 0 Å². The number of aryl methyl sites for hydroxylation is 1. The summed E-state index contributed by atoms with van der Waals surface area (Å²) in [4.78, 5) is 11.9. The smallest absolute Gasteiger partial charge is 0.312 e. The molecule has 0 aromatic carbocycles. The number of pyridine rings is 1. The van der Waals surface area contributed by atoms with E-state index >= 15 is 0 Å². The van der Waals surface area contributed by atoms with Gasteiger partial charge >= 0.3 is 6.18 Å². The summed E-state index contributed by atoms with van der Waals surface area (Å²) in [5.74, 6) is 0. The first kappa shape index (κ1) is 12.2. The Balaban J connectivity index is 2.64. The van der Waals surface area contributed by atoms with Gasteiger partial charge < -0.3 is 4.57 Å². The molecule has 1 aliphatic rings. The zero-order valence-electron chi connectivity index (χ0n) is 9.60. The maximum Gasteiger partial charge on any atom is 0.416 e. The molecule has 0 aliphatic carbocycles. The molecule has 0 atom stereocenters. The lowest BCUT2D eigenvalue weighted by atomic mass is 10.1. The van der Waals surface area contributed by atoms with Crippen LogP contribution >= 0.6 is 0 Å². The number of hydrogen-bond donors (Lipinski definition) is 0. The second-order valence-electron chi connectivity index (χ2n) is 4.44. The van der Waals surface area contributed by atoms with Crippen LogP contribution in [0.2, 0.25) is 0 Å². The van der Waals surface area contributed by atoms with Crippen molar-refractivity contribution in [1.29, 1.82) is 0 Å². The number of aromatic nitrogens is 1. The Hall–Kier alpha value is -1.26. The van der Waals surface area contributed by atoms with Crippen LogP contribution < -0.4 is 5.56 Å². The highest BCUT2D eigenvalue weighted by molar-refractivity contribution is 5.29. The Morgan fingerprint density at radius 1 is 1.24 bits per heavy atom. The average molecular weight is 245 g/mol. The molecule has 0 fully saturated rings. The highest BCUT2D eigenvalue weighted by atomic mass is 19.4. The third-order valence-corrected chi connectivity index (χ3v) is 3.25. The van der Waals surface area contributed by atoms with Gasteiger partial charge in [-0.15, -0.1) is 0 Å². The largest absolute Gasteiger partial charge is 0.416 e. The lowest BCUT2D eigenvalue weighted by Gasteiger charge is -2.16. The van der Waals surface area contributed by atoms with Crippen LogP contribution in [0.25, 0.3) is 0 Å². The first-order chi connectivity index (χ1) is 7.91. The minimum Gasteiger partial charge on any atom is -0.312 e. The van der Waals surface area contributed by atoms with Crippen LogP contribution in [0.5, 0.6) is 0 Å². The van der Waals surface area contributed by atoms with Crippen molar-refractivity contribution in [2.45, 2.75) is 45.3 Å². The van der Waals surface area contributed by atoms with Crippen LogP contribution in [0.3, 0.4) is 0 Å². The Morgan fingerprint density at radius 2 is 1.94 bits per heavy atom. The van der Waals surface area contributed by atoms with Gasteiger partial charge in [0.2, 0.25) is 0 Å². The predicted octanol–water partition coefficient (Wildman–Crippen LogP) is 2.90. The summed E-state index contributed by atoms with van der Waals surface area (Å²) >= 11 is 0. The quantitative estimate of drug-likeness (QED) is 0.688. The minimum absolute atomic E-state index is 0.192. The normalized spacial score (nSPS) is 16.5. The van der Waals surface area contributed by atoms with Gasteiger partial charge in [-0.05, 0) is 32.3 Å². The van der Waals surface area contributed by atoms with Crippen LogP contribution in [-0.4, -0.2) is 4.57 Å². The van der Waals surface area contributed by atoms with E-state index in [9.17, 15) is 18.0 Å². The Kier molecular flexibility index (Phi) is 3.02. The van der Waals surface area contributed by atoms with E-state index in [0.29, 0.717) is 18.7 Å². The standard InChI is InChI=1S/C12H14F3NO/c1-8-10(12(13,14)15)7-9-5-3-2-4-6-16(9)11(8)17/h7H,2-6H2,1H3. The van der Waals surface area contributed by atoms with Gasteiger partial charge in [0.05, 0.1) is 5.56 Å². The summed E-state index contributed by atoms with van der Waals surface area (Å²) < 4.78 is 39.8. The lowest BCUT2D eigenvalue weighted by Crippen LogP contribution is -2.28. The van der Waals surface area contributed by atoms with Gasteiger partial charge in [0.15, 0.2) is 0 Å². The fourth-order valence-electron chi connectivity index (χ4n) is 2.30. The predicted molar refractivity (Wildman–Crippen MR) is 58.0 cm³/mol. The topological polar surface area (TPSA) is 22.0 Å². The number of alkyl halides is 3. The zero-order chi connectivity index (χ0) is 12.6. The summed E-state index contributed by atoms with van der Waals surface area (Å²) in [5.41, 5.74) is -0.944. The van der Waals surface area contributed by atoms with Crippen LogP contribution in [0, 0.1) is 6.92 Å². The van der Waals surface area contributed by atoms with E-state index in [1.165, 1.54) is 11.5 Å².